The lowest BCUT2D eigenvalue weighted by atomic mass is 10.0. The van der Waals surface area contributed by atoms with E-state index in [0.29, 0.717) is 0 Å². The van der Waals surface area contributed by atoms with Crippen LogP contribution in [0.2, 0.25) is 0 Å². The van der Waals surface area contributed by atoms with E-state index < -0.39 is 0 Å². The van der Waals surface area contributed by atoms with Gasteiger partial charge in [0.25, 0.3) is 0 Å². The van der Waals surface area contributed by atoms with Crippen molar-refractivity contribution in [2.45, 2.75) is 6.92 Å². The van der Waals surface area contributed by atoms with Gasteiger partial charge in [-0.1, -0.05) is 24.3 Å². The summed E-state index contributed by atoms with van der Waals surface area (Å²) in [5.41, 5.74) is 2.56. The van der Waals surface area contributed by atoms with Gasteiger partial charge in [-0.15, -0.1) is 0 Å². The van der Waals surface area contributed by atoms with E-state index in [4.69, 9.17) is 0 Å². The minimum Gasteiger partial charge on any atom is -0.508 e. The molecule has 0 fully saturated rings. The van der Waals surface area contributed by atoms with Gasteiger partial charge in [0.1, 0.15) is 5.76 Å². The third-order valence-electron chi connectivity index (χ3n) is 2.25. The molecule has 3 nitrogen and oxygen atoms in total. The number of benzene rings is 1. The molecule has 0 saturated heterocycles. The van der Waals surface area contributed by atoms with E-state index in [2.05, 4.69) is 10.2 Å². The molecule has 15 heavy (non-hydrogen) atoms. The Morgan fingerprint density at radius 2 is 2.13 bits per heavy atom. The van der Waals surface area contributed by atoms with Gasteiger partial charge >= 0.3 is 0 Å². The standard InChI is InChI=1S/C12H12N2O/c1-2-12(15)10-6-4-3-5-9(10)11-7-8-13-14-11/h2-8,15H,1H3,(H,13,14). The average molecular weight is 200 g/mol. The molecule has 1 aromatic heterocycles. The van der Waals surface area contributed by atoms with Crippen LogP contribution in [0.3, 0.4) is 0 Å². The summed E-state index contributed by atoms with van der Waals surface area (Å²) in [6.07, 6.45) is 3.43. The number of nitrogens with one attached hydrogen (secondary N) is 1. The van der Waals surface area contributed by atoms with Gasteiger partial charge < -0.3 is 5.11 Å². The van der Waals surface area contributed by atoms with E-state index >= 15 is 0 Å². The molecule has 0 saturated carbocycles. The fourth-order valence-corrected chi connectivity index (χ4v) is 1.50. The highest BCUT2D eigenvalue weighted by atomic mass is 16.3. The second-order valence-corrected chi connectivity index (χ2v) is 3.18. The maximum atomic E-state index is 9.73. The second kappa shape index (κ2) is 4.00. The maximum Gasteiger partial charge on any atom is 0.119 e. The summed E-state index contributed by atoms with van der Waals surface area (Å²) in [5.74, 6) is 0.272. The van der Waals surface area contributed by atoms with Gasteiger partial charge in [-0.2, -0.15) is 5.10 Å². The van der Waals surface area contributed by atoms with Gasteiger partial charge in [-0.3, -0.25) is 5.10 Å². The van der Waals surface area contributed by atoms with Crippen LogP contribution in [0.15, 0.2) is 42.6 Å². The Bertz CT molecular complexity index is 472. The zero-order valence-electron chi connectivity index (χ0n) is 8.44. The second-order valence-electron chi connectivity index (χ2n) is 3.18. The zero-order valence-corrected chi connectivity index (χ0v) is 8.44. The van der Waals surface area contributed by atoms with Crippen LogP contribution in [-0.4, -0.2) is 15.3 Å². The van der Waals surface area contributed by atoms with E-state index in [1.54, 1.807) is 19.2 Å². The number of aromatic nitrogens is 2. The molecule has 0 unspecified atom stereocenters. The van der Waals surface area contributed by atoms with Crippen LogP contribution in [0.1, 0.15) is 12.5 Å². The van der Waals surface area contributed by atoms with Crippen molar-refractivity contribution in [3.8, 4) is 11.3 Å². The molecule has 0 spiro atoms. The fraction of sp³-hybridized carbons (Fsp3) is 0.0833. The maximum absolute atomic E-state index is 9.73. The first kappa shape index (κ1) is 9.52. The minimum absolute atomic E-state index is 0.272. The van der Waals surface area contributed by atoms with E-state index in [9.17, 15) is 5.11 Å². The molecule has 0 aliphatic heterocycles. The lowest BCUT2D eigenvalue weighted by Gasteiger charge is -2.05. The molecule has 0 bridgehead atoms. The van der Waals surface area contributed by atoms with Crippen molar-refractivity contribution in [1.82, 2.24) is 10.2 Å². The highest BCUT2D eigenvalue weighted by molar-refractivity contribution is 5.76. The Balaban J connectivity index is 2.57. The molecular formula is C12H12N2O. The highest BCUT2D eigenvalue weighted by Crippen LogP contribution is 2.25. The third kappa shape index (κ3) is 1.76. The SMILES string of the molecule is CC=C(O)c1ccccc1-c1cc[nH]n1. The monoisotopic (exact) mass is 200 g/mol. The molecule has 0 aliphatic carbocycles. The van der Waals surface area contributed by atoms with Gasteiger partial charge in [0.05, 0.1) is 5.69 Å². The lowest BCUT2D eigenvalue weighted by molar-refractivity contribution is 0.511. The Hall–Kier alpha value is -2.03. The van der Waals surface area contributed by atoms with Gasteiger partial charge in [0, 0.05) is 17.3 Å². The largest absolute Gasteiger partial charge is 0.508 e. The topological polar surface area (TPSA) is 48.9 Å². The van der Waals surface area contributed by atoms with Crippen LogP contribution in [0, 0.1) is 0 Å². The van der Waals surface area contributed by atoms with Crippen LogP contribution in [0.4, 0.5) is 0 Å². The third-order valence-corrected chi connectivity index (χ3v) is 2.25. The number of allylic oxidation sites excluding steroid dienone is 1. The van der Waals surface area contributed by atoms with Crippen LogP contribution < -0.4 is 0 Å². The molecule has 2 rings (SSSR count). The van der Waals surface area contributed by atoms with Crippen molar-refractivity contribution >= 4 is 5.76 Å². The number of hydrogen-bond acceptors (Lipinski definition) is 2. The quantitative estimate of drug-likeness (QED) is 0.732. The number of nitrogens with zero attached hydrogens (tertiary/aromatic N) is 1. The summed E-state index contributed by atoms with van der Waals surface area (Å²) in [7, 11) is 0. The Morgan fingerprint density at radius 3 is 2.80 bits per heavy atom. The Labute approximate surface area is 88.1 Å². The number of aliphatic hydroxyl groups excluding tert-OH is 1. The number of aliphatic hydroxyl groups is 1. The predicted molar refractivity (Wildman–Crippen MR) is 60.3 cm³/mol. The van der Waals surface area contributed by atoms with E-state index in [0.717, 1.165) is 16.8 Å². The first-order chi connectivity index (χ1) is 7.33. The summed E-state index contributed by atoms with van der Waals surface area (Å²) < 4.78 is 0. The summed E-state index contributed by atoms with van der Waals surface area (Å²) in [5, 5.41) is 16.6. The van der Waals surface area contributed by atoms with Crippen molar-refractivity contribution in [2.75, 3.05) is 0 Å². The molecule has 2 N–H and O–H groups in total. The van der Waals surface area contributed by atoms with E-state index in [1.165, 1.54) is 0 Å². The summed E-state index contributed by atoms with van der Waals surface area (Å²) in [6.45, 7) is 1.80. The molecule has 0 aliphatic rings. The van der Waals surface area contributed by atoms with Gasteiger partial charge in [0.15, 0.2) is 0 Å². The molecule has 1 heterocycles. The van der Waals surface area contributed by atoms with Crippen molar-refractivity contribution < 1.29 is 5.11 Å². The molecule has 0 radical (unpaired) electrons. The van der Waals surface area contributed by atoms with Crippen LogP contribution in [-0.2, 0) is 0 Å². The normalized spacial score (nSPS) is 11.7. The molecule has 1 aromatic carbocycles. The lowest BCUT2D eigenvalue weighted by Crippen LogP contribution is -1.88. The zero-order chi connectivity index (χ0) is 10.7. The van der Waals surface area contributed by atoms with Crippen LogP contribution in [0.5, 0.6) is 0 Å². The van der Waals surface area contributed by atoms with Crippen molar-refractivity contribution in [3.63, 3.8) is 0 Å². The Kier molecular flexibility index (Phi) is 2.54. The molecule has 0 atom stereocenters. The average Bonchev–Trinajstić information content (AvgIpc) is 2.81. The Morgan fingerprint density at radius 1 is 1.33 bits per heavy atom. The number of hydrogen-bond donors (Lipinski definition) is 2. The smallest absolute Gasteiger partial charge is 0.119 e. The van der Waals surface area contributed by atoms with Gasteiger partial charge in [0.2, 0.25) is 0 Å². The van der Waals surface area contributed by atoms with Crippen LogP contribution >= 0.6 is 0 Å². The van der Waals surface area contributed by atoms with E-state index in [-0.39, 0.29) is 5.76 Å². The molecule has 3 heteroatoms. The van der Waals surface area contributed by atoms with Crippen molar-refractivity contribution in [1.29, 1.82) is 0 Å². The fourth-order valence-electron chi connectivity index (χ4n) is 1.50. The molecule has 76 valence electrons. The summed E-state index contributed by atoms with van der Waals surface area (Å²) in [4.78, 5) is 0. The summed E-state index contributed by atoms with van der Waals surface area (Å²) in [6, 6.07) is 9.51. The summed E-state index contributed by atoms with van der Waals surface area (Å²) >= 11 is 0. The molecular weight excluding hydrogens is 188 g/mol. The minimum atomic E-state index is 0.272. The predicted octanol–water partition coefficient (Wildman–Crippen LogP) is 3.00. The van der Waals surface area contributed by atoms with Gasteiger partial charge in [-0.25, -0.2) is 0 Å². The number of rotatable bonds is 2. The number of H-pyrrole nitrogens is 1. The molecule has 2 aromatic rings. The van der Waals surface area contributed by atoms with Crippen molar-refractivity contribution in [3.05, 3.63) is 48.2 Å². The first-order valence-electron chi connectivity index (χ1n) is 4.77. The first-order valence-corrected chi connectivity index (χ1v) is 4.77. The van der Waals surface area contributed by atoms with Crippen LogP contribution in [0.25, 0.3) is 17.0 Å². The highest BCUT2D eigenvalue weighted by Gasteiger charge is 2.08. The van der Waals surface area contributed by atoms with Gasteiger partial charge in [-0.05, 0) is 19.1 Å². The van der Waals surface area contributed by atoms with Crippen molar-refractivity contribution in [2.24, 2.45) is 0 Å². The number of aromatic amines is 1. The molecule has 0 amide bonds. The van der Waals surface area contributed by atoms with E-state index in [1.807, 2.05) is 30.3 Å².